The summed E-state index contributed by atoms with van der Waals surface area (Å²) in [5, 5.41) is 2.49. The lowest BCUT2D eigenvalue weighted by Gasteiger charge is -2.22. The van der Waals surface area contributed by atoms with E-state index in [0.717, 1.165) is 17.1 Å². The van der Waals surface area contributed by atoms with Crippen LogP contribution < -0.4 is 0 Å². The molecule has 0 N–H and O–H groups in total. The first-order chi connectivity index (χ1) is 22.6. The largest absolute Gasteiger partial charge is 0.309 e. The van der Waals surface area contributed by atoms with Crippen molar-refractivity contribution in [1.29, 1.82) is 0 Å². The van der Waals surface area contributed by atoms with Gasteiger partial charge in [0.15, 0.2) is 5.82 Å². The average Bonchev–Trinajstić information content (AvgIpc) is 3.57. The van der Waals surface area contributed by atoms with Crippen molar-refractivity contribution in [3.8, 4) is 50.5 Å². The molecule has 0 aliphatic heterocycles. The van der Waals surface area contributed by atoms with E-state index in [0.29, 0.717) is 0 Å². The zero-order valence-electron chi connectivity index (χ0n) is 25.8. The third kappa shape index (κ3) is 4.05. The summed E-state index contributed by atoms with van der Waals surface area (Å²) >= 11 is 0. The SMILES string of the molecule is CC1(C)c2ccccc2-c2ccc(-c3ccc(-c4ccc5c6ccccc6n(-c6ccc(-c7ncccn7)cc6)c5c4)cc3)cc21. The van der Waals surface area contributed by atoms with Crippen molar-refractivity contribution in [2.75, 3.05) is 0 Å². The number of benzene rings is 6. The Kier molecular flexibility index (Phi) is 5.85. The van der Waals surface area contributed by atoms with Crippen LogP contribution in [0, 0.1) is 0 Å². The Bertz CT molecular complexity index is 2420. The molecule has 2 heterocycles. The number of para-hydroxylation sites is 1. The Morgan fingerprint density at radius 3 is 1.83 bits per heavy atom. The lowest BCUT2D eigenvalue weighted by atomic mass is 9.81. The van der Waals surface area contributed by atoms with E-state index in [-0.39, 0.29) is 5.41 Å². The van der Waals surface area contributed by atoms with Gasteiger partial charge < -0.3 is 4.57 Å². The molecule has 8 aromatic rings. The van der Waals surface area contributed by atoms with E-state index in [9.17, 15) is 0 Å². The molecule has 0 saturated carbocycles. The van der Waals surface area contributed by atoms with Crippen molar-refractivity contribution in [3.63, 3.8) is 0 Å². The second kappa shape index (κ2) is 10.1. The predicted octanol–water partition coefficient (Wildman–Crippen LogP) is 10.9. The van der Waals surface area contributed by atoms with Crippen molar-refractivity contribution in [3.05, 3.63) is 163 Å². The van der Waals surface area contributed by atoms with E-state index >= 15 is 0 Å². The molecule has 0 radical (unpaired) electrons. The van der Waals surface area contributed by atoms with E-state index in [2.05, 4.69) is 162 Å². The fourth-order valence-electron chi connectivity index (χ4n) is 7.38. The lowest BCUT2D eigenvalue weighted by Crippen LogP contribution is -2.14. The number of aromatic nitrogens is 3. The van der Waals surface area contributed by atoms with E-state index in [4.69, 9.17) is 0 Å². The van der Waals surface area contributed by atoms with Crippen LogP contribution in [0.2, 0.25) is 0 Å². The van der Waals surface area contributed by atoms with Gasteiger partial charge >= 0.3 is 0 Å². The van der Waals surface area contributed by atoms with Crippen LogP contribution >= 0.6 is 0 Å². The Morgan fingerprint density at radius 2 is 1.04 bits per heavy atom. The number of hydrogen-bond acceptors (Lipinski definition) is 2. The molecule has 1 aliphatic carbocycles. The van der Waals surface area contributed by atoms with Crippen molar-refractivity contribution in [1.82, 2.24) is 14.5 Å². The highest BCUT2D eigenvalue weighted by molar-refractivity contribution is 6.10. The van der Waals surface area contributed by atoms with Crippen LogP contribution in [0.15, 0.2) is 152 Å². The molecule has 0 spiro atoms. The fraction of sp³-hybridized carbons (Fsp3) is 0.0698. The zero-order chi connectivity index (χ0) is 30.8. The minimum absolute atomic E-state index is 0.00854. The van der Waals surface area contributed by atoms with Crippen LogP contribution in [0.25, 0.3) is 72.3 Å². The van der Waals surface area contributed by atoms with Gasteiger partial charge in [-0.15, -0.1) is 0 Å². The van der Waals surface area contributed by atoms with E-state index in [1.54, 1.807) is 12.4 Å². The third-order valence-electron chi connectivity index (χ3n) is 9.76. The van der Waals surface area contributed by atoms with Crippen LogP contribution in [0.1, 0.15) is 25.0 Å². The van der Waals surface area contributed by atoms with Crippen LogP contribution in [0.3, 0.4) is 0 Å². The monoisotopic (exact) mass is 589 g/mol. The molecule has 0 atom stereocenters. The second-order valence-electron chi connectivity index (χ2n) is 12.7. The molecule has 3 heteroatoms. The first-order valence-corrected chi connectivity index (χ1v) is 15.8. The summed E-state index contributed by atoms with van der Waals surface area (Å²) in [6.07, 6.45) is 3.56. The molecule has 0 amide bonds. The first kappa shape index (κ1) is 26.6. The second-order valence-corrected chi connectivity index (χ2v) is 12.7. The van der Waals surface area contributed by atoms with Crippen molar-refractivity contribution in [2.45, 2.75) is 19.3 Å². The molecule has 218 valence electrons. The Morgan fingerprint density at radius 1 is 0.457 bits per heavy atom. The van der Waals surface area contributed by atoms with Gasteiger partial charge in [-0.25, -0.2) is 9.97 Å². The maximum absolute atomic E-state index is 4.42. The average molecular weight is 590 g/mol. The van der Waals surface area contributed by atoms with Crippen molar-refractivity contribution >= 4 is 21.8 Å². The fourth-order valence-corrected chi connectivity index (χ4v) is 7.38. The van der Waals surface area contributed by atoms with Gasteiger partial charge in [0.2, 0.25) is 0 Å². The number of nitrogens with zero attached hydrogens (tertiary/aromatic N) is 3. The quantitative estimate of drug-likeness (QED) is 0.204. The molecule has 46 heavy (non-hydrogen) atoms. The van der Waals surface area contributed by atoms with E-state index in [1.807, 2.05) is 6.07 Å². The summed E-state index contributed by atoms with van der Waals surface area (Å²) < 4.78 is 2.36. The molecular weight excluding hydrogens is 558 g/mol. The smallest absolute Gasteiger partial charge is 0.159 e. The van der Waals surface area contributed by atoms with Crippen LogP contribution in [-0.2, 0) is 5.41 Å². The highest BCUT2D eigenvalue weighted by atomic mass is 15.0. The molecule has 0 bridgehead atoms. The van der Waals surface area contributed by atoms with Gasteiger partial charge in [-0.2, -0.15) is 0 Å². The van der Waals surface area contributed by atoms with Gasteiger partial charge in [0.1, 0.15) is 0 Å². The van der Waals surface area contributed by atoms with Gasteiger partial charge in [-0.3, -0.25) is 0 Å². The third-order valence-corrected chi connectivity index (χ3v) is 9.76. The molecule has 9 rings (SSSR count). The molecule has 6 aromatic carbocycles. The van der Waals surface area contributed by atoms with Gasteiger partial charge in [0, 0.05) is 39.8 Å². The summed E-state index contributed by atoms with van der Waals surface area (Å²) in [7, 11) is 0. The van der Waals surface area contributed by atoms with Crippen LogP contribution in [-0.4, -0.2) is 14.5 Å². The number of hydrogen-bond donors (Lipinski definition) is 0. The number of rotatable bonds is 4. The standard InChI is InChI=1S/C43H31N3/c1-43(2)38-10-5-3-8-34(38)35-22-18-31(26-39(35)43)28-12-14-29(15-13-28)32-19-23-37-36-9-4-6-11-40(36)46(41(37)27-32)33-20-16-30(17-21-33)42-44-24-7-25-45-42/h3-27H,1-2H3. The topological polar surface area (TPSA) is 30.7 Å². The minimum atomic E-state index is -0.00854. The van der Waals surface area contributed by atoms with Crippen molar-refractivity contribution < 1.29 is 0 Å². The highest BCUT2D eigenvalue weighted by Gasteiger charge is 2.35. The maximum atomic E-state index is 4.42. The van der Waals surface area contributed by atoms with Gasteiger partial charge in [-0.05, 0) is 93.0 Å². The Hall–Kier alpha value is -5.80. The minimum Gasteiger partial charge on any atom is -0.309 e. The van der Waals surface area contributed by atoms with Gasteiger partial charge in [-0.1, -0.05) is 105 Å². The number of fused-ring (bicyclic) bond motifs is 6. The summed E-state index contributed by atoms with van der Waals surface area (Å²) in [5.74, 6) is 0.732. The molecule has 0 unspecified atom stereocenters. The summed E-state index contributed by atoms with van der Waals surface area (Å²) in [6, 6.07) is 50.7. The maximum Gasteiger partial charge on any atom is 0.159 e. The summed E-state index contributed by atoms with van der Waals surface area (Å²) in [5.41, 5.74) is 14.9. The molecule has 0 fully saturated rings. The van der Waals surface area contributed by atoms with Crippen molar-refractivity contribution in [2.24, 2.45) is 0 Å². The van der Waals surface area contributed by atoms with Gasteiger partial charge in [0.05, 0.1) is 11.0 Å². The highest BCUT2D eigenvalue weighted by Crippen LogP contribution is 2.49. The molecule has 2 aromatic heterocycles. The van der Waals surface area contributed by atoms with E-state index < -0.39 is 0 Å². The molecule has 0 saturated heterocycles. The van der Waals surface area contributed by atoms with E-state index in [1.165, 1.54) is 66.3 Å². The van der Waals surface area contributed by atoms with Crippen LogP contribution in [0.5, 0.6) is 0 Å². The zero-order valence-corrected chi connectivity index (χ0v) is 25.8. The lowest BCUT2D eigenvalue weighted by molar-refractivity contribution is 0.660. The van der Waals surface area contributed by atoms with Crippen LogP contribution in [0.4, 0.5) is 0 Å². The molecule has 3 nitrogen and oxygen atoms in total. The molecular formula is C43H31N3. The normalized spacial score (nSPS) is 13.2. The Balaban J connectivity index is 1.10. The Labute approximate surface area is 268 Å². The predicted molar refractivity (Wildman–Crippen MR) is 190 cm³/mol. The summed E-state index contributed by atoms with van der Waals surface area (Å²) in [4.78, 5) is 8.85. The summed E-state index contributed by atoms with van der Waals surface area (Å²) in [6.45, 7) is 4.68. The van der Waals surface area contributed by atoms with Gasteiger partial charge in [0.25, 0.3) is 0 Å². The molecule has 1 aliphatic rings. The first-order valence-electron chi connectivity index (χ1n) is 15.8.